The molecule has 5 nitrogen and oxygen atoms in total. The minimum absolute atomic E-state index is 0.0786. The summed E-state index contributed by atoms with van der Waals surface area (Å²) < 4.78 is 14.9. The van der Waals surface area contributed by atoms with E-state index in [1.807, 2.05) is 60.7 Å². The summed E-state index contributed by atoms with van der Waals surface area (Å²) in [6.07, 6.45) is 1.86. The minimum Gasteiger partial charge on any atom is -0.493 e. The van der Waals surface area contributed by atoms with E-state index in [9.17, 15) is 4.79 Å². The predicted octanol–water partition coefficient (Wildman–Crippen LogP) is 5.96. The fraction of sp³-hybridized carbons (Fsp3) is 0.0714. The zero-order valence-electron chi connectivity index (χ0n) is 18.7. The lowest BCUT2D eigenvalue weighted by Crippen LogP contribution is -2.22. The van der Waals surface area contributed by atoms with Crippen molar-refractivity contribution >= 4 is 60.1 Å². The molecule has 0 amide bonds. The van der Waals surface area contributed by atoms with E-state index < -0.39 is 0 Å². The van der Waals surface area contributed by atoms with E-state index in [2.05, 4.69) is 45.2 Å². The van der Waals surface area contributed by atoms with Crippen LogP contribution in [0.5, 0.6) is 11.5 Å². The first kappa shape index (κ1) is 21.8. The molecule has 35 heavy (non-hydrogen) atoms. The van der Waals surface area contributed by atoms with Gasteiger partial charge in [0.25, 0.3) is 5.56 Å². The second kappa shape index (κ2) is 8.83. The van der Waals surface area contributed by atoms with Crippen molar-refractivity contribution in [2.24, 2.45) is 0 Å². The fourth-order valence-electron chi connectivity index (χ4n) is 4.29. The van der Waals surface area contributed by atoms with Crippen LogP contribution in [0, 0.1) is 0 Å². The highest BCUT2D eigenvalue weighted by atomic mass is 79.9. The maximum Gasteiger partial charge on any atom is 0.274 e. The van der Waals surface area contributed by atoms with Crippen LogP contribution < -0.4 is 19.6 Å². The van der Waals surface area contributed by atoms with Gasteiger partial charge in [-0.25, -0.2) is 9.38 Å². The summed E-state index contributed by atoms with van der Waals surface area (Å²) in [5.41, 5.74) is 3.49. The van der Waals surface area contributed by atoms with Crippen molar-refractivity contribution in [2.45, 2.75) is 6.61 Å². The number of fused-ring (bicyclic) bond motifs is 4. The summed E-state index contributed by atoms with van der Waals surface area (Å²) in [4.78, 5) is 18.4. The average Bonchev–Trinajstić information content (AvgIpc) is 3.39. The number of aromatic nitrogens is 2. The van der Waals surface area contributed by atoms with Gasteiger partial charge in [-0.2, -0.15) is 0 Å². The number of rotatable bonds is 5. The Morgan fingerprint density at radius 3 is 2.71 bits per heavy atom. The van der Waals surface area contributed by atoms with Crippen LogP contribution in [0.3, 0.4) is 0 Å². The SMILES string of the molecule is COc1cc(/C=c2/sc3nc4ccccc4n3c2=O)cc(Br)c1OCc1cccc2ccccc12. The zero-order valence-corrected chi connectivity index (χ0v) is 21.1. The van der Waals surface area contributed by atoms with Gasteiger partial charge in [-0.1, -0.05) is 65.9 Å². The minimum atomic E-state index is -0.0786. The molecule has 0 bridgehead atoms. The maximum atomic E-state index is 13.1. The van der Waals surface area contributed by atoms with Gasteiger partial charge in [-0.15, -0.1) is 0 Å². The van der Waals surface area contributed by atoms with Gasteiger partial charge in [-0.05, 0) is 68.2 Å². The molecule has 0 aliphatic rings. The lowest BCUT2D eigenvalue weighted by molar-refractivity contribution is 0.283. The number of ether oxygens (including phenoxy) is 2. The molecule has 0 aliphatic carbocycles. The van der Waals surface area contributed by atoms with Gasteiger partial charge in [0.1, 0.15) is 6.61 Å². The van der Waals surface area contributed by atoms with Gasteiger partial charge >= 0.3 is 0 Å². The van der Waals surface area contributed by atoms with Crippen molar-refractivity contribution < 1.29 is 9.47 Å². The Balaban J connectivity index is 1.36. The van der Waals surface area contributed by atoms with Crippen LogP contribution in [0.15, 0.2) is 88.1 Å². The maximum absolute atomic E-state index is 13.1. The number of methoxy groups -OCH3 is 1. The topological polar surface area (TPSA) is 52.8 Å². The summed E-state index contributed by atoms with van der Waals surface area (Å²) in [5.74, 6) is 1.21. The molecule has 0 unspecified atom stereocenters. The Hall–Kier alpha value is -3.68. The van der Waals surface area contributed by atoms with Crippen LogP contribution in [0.4, 0.5) is 0 Å². The molecule has 6 aromatic rings. The van der Waals surface area contributed by atoms with E-state index >= 15 is 0 Å². The first-order valence-electron chi connectivity index (χ1n) is 11.0. The lowest BCUT2D eigenvalue weighted by atomic mass is 10.1. The molecule has 6 rings (SSSR count). The molecule has 4 aromatic carbocycles. The predicted molar refractivity (Wildman–Crippen MR) is 145 cm³/mol. The fourth-order valence-corrected chi connectivity index (χ4v) is 5.86. The first-order valence-corrected chi connectivity index (χ1v) is 12.6. The summed E-state index contributed by atoms with van der Waals surface area (Å²) in [6, 6.07) is 25.9. The van der Waals surface area contributed by atoms with Crippen molar-refractivity contribution in [1.29, 1.82) is 0 Å². The molecular weight excluding hydrogens is 524 g/mol. The highest BCUT2D eigenvalue weighted by Crippen LogP contribution is 2.37. The van der Waals surface area contributed by atoms with Crippen molar-refractivity contribution in [3.63, 3.8) is 0 Å². The number of hydrogen-bond acceptors (Lipinski definition) is 5. The Bertz CT molecular complexity index is 1840. The molecule has 0 fully saturated rings. The Morgan fingerprint density at radius 1 is 1.03 bits per heavy atom. The summed E-state index contributed by atoms with van der Waals surface area (Å²) in [5, 5.41) is 2.33. The highest BCUT2D eigenvalue weighted by Gasteiger charge is 2.14. The number of hydrogen-bond donors (Lipinski definition) is 0. The number of thiazole rings is 1. The number of benzene rings is 4. The molecule has 0 saturated carbocycles. The highest BCUT2D eigenvalue weighted by molar-refractivity contribution is 9.10. The normalized spacial score (nSPS) is 12.1. The van der Waals surface area contributed by atoms with Crippen molar-refractivity contribution in [3.8, 4) is 11.5 Å². The molecular formula is C28H19BrN2O3S. The van der Waals surface area contributed by atoms with Crippen molar-refractivity contribution in [3.05, 3.63) is 109 Å². The zero-order chi connectivity index (χ0) is 23.9. The lowest BCUT2D eigenvalue weighted by Gasteiger charge is -2.14. The summed E-state index contributed by atoms with van der Waals surface area (Å²) in [7, 11) is 1.61. The van der Waals surface area contributed by atoms with E-state index in [1.165, 1.54) is 16.7 Å². The third kappa shape index (κ3) is 3.87. The van der Waals surface area contributed by atoms with Crippen LogP contribution in [-0.2, 0) is 6.61 Å². The number of halogens is 1. The van der Waals surface area contributed by atoms with E-state index in [4.69, 9.17) is 9.47 Å². The van der Waals surface area contributed by atoms with Crippen LogP contribution in [0.2, 0.25) is 0 Å². The molecule has 0 saturated heterocycles. The molecule has 0 N–H and O–H groups in total. The van der Waals surface area contributed by atoms with E-state index in [0.717, 1.165) is 32.0 Å². The van der Waals surface area contributed by atoms with Gasteiger partial charge < -0.3 is 9.47 Å². The molecule has 0 aliphatic heterocycles. The van der Waals surface area contributed by atoms with E-state index in [-0.39, 0.29) is 5.56 Å². The summed E-state index contributed by atoms with van der Waals surface area (Å²) in [6.45, 7) is 0.402. The van der Waals surface area contributed by atoms with Gasteiger partial charge in [0.05, 0.1) is 27.1 Å². The van der Waals surface area contributed by atoms with Gasteiger partial charge in [0.2, 0.25) is 0 Å². The molecule has 2 heterocycles. The van der Waals surface area contributed by atoms with Crippen molar-refractivity contribution in [2.75, 3.05) is 7.11 Å². The molecule has 172 valence electrons. The standard InChI is InChI=1S/C28H19BrN2O3S/c1-33-24-14-17(15-25-27(32)31-23-12-5-4-11-22(23)30-28(31)35-25)13-21(29)26(24)34-16-19-9-6-8-18-7-2-3-10-20(18)19/h2-15H,16H2,1H3/b25-15+. The molecule has 7 heteroatoms. The number of para-hydroxylation sites is 2. The summed E-state index contributed by atoms with van der Waals surface area (Å²) >= 11 is 5.01. The number of imidazole rings is 1. The largest absolute Gasteiger partial charge is 0.493 e. The Morgan fingerprint density at radius 2 is 1.83 bits per heavy atom. The quantitative estimate of drug-likeness (QED) is 0.269. The van der Waals surface area contributed by atoms with Crippen LogP contribution in [0.25, 0.3) is 32.8 Å². The average molecular weight is 543 g/mol. The molecule has 0 atom stereocenters. The Labute approximate surface area is 213 Å². The van der Waals surface area contributed by atoms with Crippen LogP contribution >= 0.6 is 27.3 Å². The van der Waals surface area contributed by atoms with E-state index in [0.29, 0.717) is 27.6 Å². The van der Waals surface area contributed by atoms with Crippen molar-refractivity contribution in [1.82, 2.24) is 9.38 Å². The monoisotopic (exact) mass is 542 g/mol. The smallest absolute Gasteiger partial charge is 0.274 e. The van der Waals surface area contributed by atoms with Gasteiger partial charge in [0, 0.05) is 0 Å². The Kier molecular flexibility index (Phi) is 5.51. The third-order valence-corrected chi connectivity index (χ3v) is 7.50. The van der Waals surface area contributed by atoms with Gasteiger partial charge in [-0.3, -0.25) is 4.79 Å². The molecule has 0 spiro atoms. The van der Waals surface area contributed by atoms with Crippen LogP contribution in [0.1, 0.15) is 11.1 Å². The second-order valence-electron chi connectivity index (χ2n) is 8.10. The first-order chi connectivity index (χ1) is 17.1. The second-order valence-corrected chi connectivity index (χ2v) is 9.96. The molecule has 2 aromatic heterocycles. The van der Waals surface area contributed by atoms with E-state index in [1.54, 1.807) is 11.5 Å². The third-order valence-electron chi connectivity index (χ3n) is 5.95. The molecule has 0 radical (unpaired) electrons. The number of nitrogens with zero attached hydrogens (tertiary/aromatic N) is 2. The van der Waals surface area contributed by atoms with Gasteiger partial charge in [0.15, 0.2) is 16.5 Å². The van der Waals surface area contributed by atoms with Crippen LogP contribution in [-0.4, -0.2) is 16.5 Å².